The Hall–Kier alpha value is -2.17. The van der Waals surface area contributed by atoms with Crippen LogP contribution in [0.15, 0.2) is 24.3 Å². The first kappa shape index (κ1) is 19.2. The fourth-order valence-corrected chi connectivity index (χ4v) is 5.38. The van der Waals surface area contributed by atoms with Crippen molar-refractivity contribution in [3.8, 4) is 5.75 Å². The molecule has 0 N–H and O–H groups in total. The zero-order chi connectivity index (χ0) is 19.7. The quantitative estimate of drug-likeness (QED) is 0.287. The maximum Gasteiger partial charge on any atom is 0.311 e. The van der Waals surface area contributed by atoms with Gasteiger partial charge in [0.15, 0.2) is 0 Å². The number of carbonyl (C=O) groups is 3. The zero-order valence-electron chi connectivity index (χ0n) is 16.6. The summed E-state index contributed by atoms with van der Waals surface area (Å²) in [6, 6.07) is 6.77. The molecule has 3 aliphatic rings. The minimum Gasteiger partial charge on any atom is -0.427 e. The molecule has 3 fully saturated rings. The lowest BCUT2D eigenvalue weighted by Gasteiger charge is -2.19. The second-order valence-electron chi connectivity index (χ2n) is 8.53. The molecule has 28 heavy (non-hydrogen) atoms. The standard InChI is InChI=1S/C23H29NO4/c1-2-3-4-5-6-7-19(25)28-18-12-10-17(11-13-18)24-22(26)20-15-8-9-16(14-15)21(20)23(24)27/h10-13,15-16,20-21H,2-9,14H2,1H3/t15-,16-,20+,21+/m0/s1. The van der Waals surface area contributed by atoms with Gasteiger partial charge in [-0.1, -0.05) is 32.6 Å². The number of nitrogens with zero attached hydrogens (tertiary/aromatic N) is 1. The lowest BCUT2D eigenvalue weighted by molar-refractivity contribution is -0.134. The van der Waals surface area contributed by atoms with E-state index in [0.29, 0.717) is 29.7 Å². The fourth-order valence-electron chi connectivity index (χ4n) is 5.38. The van der Waals surface area contributed by atoms with Crippen molar-refractivity contribution in [2.45, 2.75) is 64.7 Å². The lowest BCUT2D eigenvalue weighted by Crippen LogP contribution is -2.32. The molecule has 4 atom stereocenters. The van der Waals surface area contributed by atoms with Crippen molar-refractivity contribution in [3.05, 3.63) is 24.3 Å². The van der Waals surface area contributed by atoms with Gasteiger partial charge < -0.3 is 4.74 Å². The van der Waals surface area contributed by atoms with Gasteiger partial charge in [0.1, 0.15) is 5.75 Å². The Bertz CT molecular complexity index is 728. The monoisotopic (exact) mass is 383 g/mol. The summed E-state index contributed by atoms with van der Waals surface area (Å²) >= 11 is 0. The van der Waals surface area contributed by atoms with Crippen LogP contribution in [0.25, 0.3) is 0 Å². The molecule has 2 amide bonds. The number of imide groups is 1. The van der Waals surface area contributed by atoms with Crippen molar-refractivity contribution in [1.29, 1.82) is 0 Å². The minimum atomic E-state index is -0.233. The predicted molar refractivity (Wildman–Crippen MR) is 106 cm³/mol. The smallest absolute Gasteiger partial charge is 0.311 e. The van der Waals surface area contributed by atoms with Gasteiger partial charge in [-0.2, -0.15) is 0 Å². The fraction of sp³-hybridized carbons (Fsp3) is 0.609. The number of hydrogen-bond acceptors (Lipinski definition) is 4. The highest BCUT2D eigenvalue weighted by Gasteiger charge is 2.61. The number of carbonyl (C=O) groups excluding carboxylic acids is 3. The summed E-state index contributed by atoms with van der Waals surface area (Å²) in [4.78, 5) is 39.0. The molecule has 4 rings (SSSR count). The Morgan fingerprint density at radius 3 is 2.18 bits per heavy atom. The van der Waals surface area contributed by atoms with Gasteiger partial charge in [0.25, 0.3) is 0 Å². The topological polar surface area (TPSA) is 63.7 Å². The number of fused-ring (bicyclic) bond motifs is 5. The number of hydrogen-bond donors (Lipinski definition) is 0. The van der Waals surface area contributed by atoms with Gasteiger partial charge in [-0.25, -0.2) is 0 Å². The van der Waals surface area contributed by atoms with Gasteiger partial charge in [0, 0.05) is 6.42 Å². The summed E-state index contributed by atoms with van der Waals surface area (Å²) in [6.07, 6.45) is 9.03. The largest absolute Gasteiger partial charge is 0.427 e. The first-order valence-electron chi connectivity index (χ1n) is 10.8. The normalized spacial score (nSPS) is 28.1. The van der Waals surface area contributed by atoms with E-state index in [4.69, 9.17) is 4.74 Å². The Kier molecular flexibility index (Phi) is 5.51. The molecule has 0 radical (unpaired) electrons. The van der Waals surface area contributed by atoms with Crippen LogP contribution in [-0.2, 0) is 14.4 Å². The molecule has 0 aromatic heterocycles. The summed E-state index contributed by atoms with van der Waals surface area (Å²) in [5, 5.41) is 0. The molecule has 5 nitrogen and oxygen atoms in total. The summed E-state index contributed by atoms with van der Waals surface area (Å²) in [5.74, 6) is 0.680. The van der Waals surface area contributed by atoms with Gasteiger partial charge in [0.2, 0.25) is 11.8 Å². The van der Waals surface area contributed by atoms with Gasteiger partial charge in [-0.3, -0.25) is 19.3 Å². The van der Waals surface area contributed by atoms with Crippen molar-refractivity contribution >= 4 is 23.5 Å². The number of unbranched alkanes of at least 4 members (excludes halogenated alkanes) is 4. The van der Waals surface area contributed by atoms with Gasteiger partial charge in [-0.15, -0.1) is 0 Å². The Morgan fingerprint density at radius 2 is 1.57 bits per heavy atom. The minimum absolute atomic E-state index is 0.0426. The van der Waals surface area contributed by atoms with E-state index < -0.39 is 0 Å². The molecule has 5 heteroatoms. The van der Waals surface area contributed by atoms with E-state index in [1.165, 1.54) is 17.7 Å². The molecule has 2 aliphatic carbocycles. The van der Waals surface area contributed by atoms with E-state index in [2.05, 4.69) is 6.92 Å². The molecule has 1 aliphatic heterocycles. The van der Waals surface area contributed by atoms with Crippen LogP contribution in [0.2, 0.25) is 0 Å². The third-order valence-corrected chi connectivity index (χ3v) is 6.74. The molecule has 0 unspecified atom stereocenters. The van der Waals surface area contributed by atoms with Crippen LogP contribution in [0.4, 0.5) is 5.69 Å². The lowest BCUT2D eigenvalue weighted by atomic mass is 9.81. The molecule has 2 bridgehead atoms. The molecule has 150 valence electrons. The SMILES string of the molecule is CCCCCCCC(=O)Oc1ccc(N2C(=O)[C@@H]3[C@H]4CC[C@@H](C4)[C@H]3C2=O)cc1. The Balaban J connectivity index is 1.34. The molecule has 0 spiro atoms. The van der Waals surface area contributed by atoms with Crippen LogP contribution < -0.4 is 9.64 Å². The second-order valence-corrected chi connectivity index (χ2v) is 8.53. The van der Waals surface area contributed by atoms with Crippen LogP contribution in [0.3, 0.4) is 0 Å². The van der Waals surface area contributed by atoms with E-state index in [0.717, 1.165) is 38.5 Å². The Morgan fingerprint density at radius 1 is 0.964 bits per heavy atom. The molecule has 1 aromatic carbocycles. The van der Waals surface area contributed by atoms with Gasteiger partial charge >= 0.3 is 5.97 Å². The summed E-state index contributed by atoms with van der Waals surface area (Å²) < 4.78 is 5.38. The third kappa shape index (κ3) is 3.47. The van der Waals surface area contributed by atoms with Crippen LogP contribution in [0.1, 0.15) is 64.7 Å². The Labute approximate surface area is 166 Å². The molecular formula is C23H29NO4. The van der Waals surface area contributed by atoms with E-state index in [1.54, 1.807) is 24.3 Å². The number of ether oxygens (including phenoxy) is 1. The first-order chi connectivity index (χ1) is 13.6. The number of anilines is 1. The summed E-state index contributed by atoms with van der Waals surface area (Å²) in [5.41, 5.74) is 0.586. The predicted octanol–water partition coefficient (Wildman–Crippen LogP) is 4.49. The average molecular weight is 383 g/mol. The van der Waals surface area contributed by atoms with Gasteiger partial charge in [0.05, 0.1) is 17.5 Å². The van der Waals surface area contributed by atoms with E-state index in [9.17, 15) is 14.4 Å². The van der Waals surface area contributed by atoms with Crippen LogP contribution in [-0.4, -0.2) is 17.8 Å². The van der Waals surface area contributed by atoms with Crippen molar-refractivity contribution in [2.24, 2.45) is 23.7 Å². The summed E-state index contributed by atoms with van der Waals surface area (Å²) in [6.45, 7) is 2.16. The van der Waals surface area contributed by atoms with E-state index in [1.807, 2.05) is 0 Å². The maximum atomic E-state index is 12.9. The van der Waals surface area contributed by atoms with Gasteiger partial charge in [-0.05, 0) is 61.8 Å². The van der Waals surface area contributed by atoms with E-state index in [-0.39, 0.29) is 29.6 Å². The molecule has 1 aromatic rings. The maximum absolute atomic E-state index is 12.9. The highest BCUT2D eigenvalue weighted by molar-refractivity contribution is 6.22. The highest BCUT2D eigenvalue weighted by atomic mass is 16.5. The average Bonchev–Trinajstić information content (AvgIpc) is 3.36. The van der Waals surface area contributed by atoms with Crippen LogP contribution in [0, 0.1) is 23.7 Å². The number of rotatable bonds is 8. The molecule has 1 heterocycles. The van der Waals surface area contributed by atoms with Crippen LogP contribution >= 0.6 is 0 Å². The number of amides is 2. The van der Waals surface area contributed by atoms with E-state index >= 15 is 0 Å². The van der Waals surface area contributed by atoms with Crippen LogP contribution in [0.5, 0.6) is 5.75 Å². The molecule has 1 saturated heterocycles. The zero-order valence-corrected chi connectivity index (χ0v) is 16.6. The summed E-state index contributed by atoms with van der Waals surface area (Å²) in [7, 11) is 0. The van der Waals surface area contributed by atoms with Crippen molar-refractivity contribution in [2.75, 3.05) is 4.90 Å². The number of esters is 1. The number of benzene rings is 1. The highest BCUT2D eigenvalue weighted by Crippen LogP contribution is 2.56. The first-order valence-corrected chi connectivity index (χ1v) is 10.8. The molecular weight excluding hydrogens is 354 g/mol. The molecule has 2 saturated carbocycles. The van der Waals surface area contributed by atoms with Crippen molar-refractivity contribution < 1.29 is 19.1 Å². The van der Waals surface area contributed by atoms with Crippen molar-refractivity contribution in [3.63, 3.8) is 0 Å². The van der Waals surface area contributed by atoms with Crippen molar-refractivity contribution in [1.82, 2.24) is 0 Å². The second kappa shape index (κ2) is 8.06. The third-order valence-electron chi connectivity index (χ3n) is 6.74.